The standard InChI is InChI=1S/C10H10F3/c1-7-2-8(4-11)3-9(5-12)10(7)6-13/h2-3H,1,4-6H2. The average molecular weight is 187 g/mol. The Morgan fingerprint density at radius 3 is 2.15 bits per heavy atom. The third-order valence-corrected chi connectivity index (χ3v) is 1.93. The molecule has 0 atom stereocenters. The molecular weight excluding hydrogens is 177 g/mol. The van der Waals surface area contributed by atoms with E-state index in [-0.39, 0.29) is 11.1 Å². The molecule has 0 heterocycles. The molecule has 71 valence electrons. The largest absolute Gasteiger partial charge is 0.246 e. The monoisotopic (exact) mass is 187 g/mol. The van der Waals surface area contributed by atoms with Crippen LogP contribution in [0.1, 0.15) is 22.3 Å². The van der Waals surface area contributed by atoms with Crippen molar-refractivity contribution >= 4 is 0 Å². The Morgan fingerprint density at radius 2 is 1.69 bits per heavy atom. The lowest BCUT2D eigenvalue weighted by Gasteiger charge is -2.08. The summed E-state index contributed by atoms with van der Waals surface area (Å²) in [5, 5.41) is 0. The summed E-state index contributed by atoms with van der Waals surface area (Å²) >= 11 is 0. The maximum absolute atomic E-state index is 12.4. The molecule has 1 aromatic carbocycles. The van der Waals surface area contributed by atoms with Crippen LogP contribution in [-0.2, 0) is 20.0 Å². The first-order valence-corrected chi connectivity index (χ1v) is 3.87. The van der Waals surface area contributed by atoms with E-state index in [1.54, 1.807) is 0 Å². The molecular formula is C10H10F3. The molecule has 0 aliphatic heterocycles. The highest BCUT2D eigenvalue weighted by Crippen LogP contribution is 2.20. The Kier molecular flexibility index (Phi) is 3.34. The number of halogens is 3. The normalized spacial score (nSPS) is 10.5. The van der Waals surface area contributed by atoms with Crippen LogP contribution >= 0.6 is 0 Å². The summed E-state index contributed by atoms with van der Waals surface area (Å²) in [5.74, 6) is 0. The van der Waals surface area contributed by atoms with Gasteiger partial charge in [-0.2, -0.15) is 0 Å². The fraction of sp³-hybridized carbons (Fsp3) is 0.300. The predicted molar refractivity (Wildman–Crippen MR) is 45.3 cm³/mol. The van der Waals surface area contributed by atoms with Gasteiger partial charge in [0.1, 0.15) is 20.0 Å². The molecule has 0 aromatic heterocycles. The van der Waals surface area contributed by atoms with Crippen molar-refractivity contribution in [3.05, 3.63) is 41.3 Å². The van der Waals surface area contributed by atoms with Gasteiger partial charge in [0.15, 0.2) is 0 Å². The van der Waals surface area contributed by atoms with Gasteiger partial charge in [0.2, 0.25) is 0 Å². The van der Waals surface area contributed by atoms with Crippen LogP contribution < -0.4 is 0 Å². The summed E-state index contributed by atoms with van der Waals surface area (Å²) < 4.78 is 36.9. The second-order valence-corrected chi connectivity index (χ2v) is 2.79. The van der Waals surface area contributed by atoms with Crippen LogP contribution in [0.4, 0.5) is 13.2 Å². The van der Waals surface area contributed by atoms with Crippen molar-refractivity contribution in [2.45, 2.75) is 20.0 Å². The molecule has 0 nitrogen and oxygen atoms in total. The highest BCUT2D eigenvalue weighted by atomic mass is 19.1. The van der Waals surface area contributed by atoms with Crippen LogP contribution in [0.15, 0.2) is 12.1 Å². The maximum atomic E-state index is 12.4. The van der Waals surface area contributed by atoms with E-state index in [1.807, 2.05) is 0 Å². The van der Waals surface area contributed by atoms with Crippen molar-refractivity contribution < 1.29 is 13.2 Å². The topological polar surface area (TPSA) is 0 Å². The Labute approximate surface area is 75.4 Å². The molecule has 0 fully saturated rings. The van der Waals surface area contributed by atoms with E-state index in [0.717, 1.165) is 0 Å². The summed E-state index contributed by atoms with van der Waals surface area (Å²) in [5.41, 5.74) is 1.14. The molecule has 0 spiro atoms. The van der Waals surface area contributed by atoms with Crippen molar-refractivity contribution in [1.29, 1.82) is 0 Å². The zero-order valence-electron chi connectivity index (χ0n) is 7.12. The maximum Gasteiger partial charge on any atom is 0.115 e. The van der Waals surface area contributed by atoms with Gasteiger partial charge in [0.25, 0.3) is 0 Å². The smallest absolute Gasteiger partial charge is 0.115 e. The molecule has 1 rings (SSSR count). The highest BCUT2D eigenvalue weighted by Gasteiger charge is 2.07. The SMILES string of the molecule is [CH2]c1cc(CF)cc(CF)c1CF. The number of benzene rings is 1. The van der Waals surface area contributed by atoms with Crippen LogP contribution in [0, 0.1) is 6.92 Å². The van der Waals surface area contributed by atoms with E-state index < -0.39 is 20.0 Å². The third-order valence-electron chi connectivity index (χ3n) is 1.93. The minimum Gasteiger partial charge on any atom is -0.246 e. The number of rotatable bonds is 3. The second kappa shape index (κ2) is 4.30. The van der Waals surface area contributed by atoms with Gasteiger partial charge in [-0.15, -0.1) is 0 Å². The van der Waals surface area contributed by atoms with Gasteiger partial charge in [-0.3, -0.25) is 0 Å². The third kappa shape index (κ3) is 2.02. The Hall–Kier alpha value is -0.990. The van der Waals surface area contributed by atoms with Gasteiger partial charge in [0, 0.05) is 0 Å². The fourth-order valence-electron chi connectivity index (χ4n) is 1.24. The van der Waals surface area contributed by atoms with Crippen LogP contribution in [0.3, 0.4) is 0 Å². The lowest BCUT2D eigenvalue weighted by Crippen LogP contribution is -1.96. The van der Waals surface area contributed by atoms with Gasteiger partial charge in [-0.25, -0.2) is 13.2 Å². The molecule has 0 N–H and O–H groups in total. The first kappa shape index (κ1) is 10.1. The van der Waals surface area contributed by atoms with E-state index in [2.05, 4.69) is 6.92 Å². The van der Waals surface area contributed by atoms with Gasteiger partial charge in [-0.1, -0.05) is 12.1 Å². The van der Waals surface area contributed by atoms with Gasteiger partial charge >= 0.3 is 0 Å². The number of hydrogen-bond acceptors (Lipinski definition) is 0. The van der Waals surface area contributed by atoms with Gasteiger partial charge in [0.05, 0.1) is 0 Å². The van der Waals surface area contributed by atoms with Crippen molar-refractivity contribution in [2.24, 2.45) is 0 Å². The molecule has 3 heteroatoms. The summed E-state index contributed by atoms with van der Waals surface area (Å²) in [6, 6.07) is 2.78. The fourth-order valence-corrected chi connectivity index (χ4v) is 1.24. The minimum atomic E-state index is -0.782. The van der Waals surface area contributed by atoms with E-state index in [0.29, 0.717) is 11.1 Å². The van der Waals surface area contributed by atoms with Crippen molar-refractivity contribution in [3.63, 3.8) is 0 Å². The minimum absolute atomic E-state index is 0.197. The first-order chi connectivity index (χ1) is 6.22. The van der Waals surface area contributed by atoms with Crippen molar-refractivity contribution in [3.8, 4) is 0 Å². The lowest BCUT2D eigenvalue weighted by atomic mass is 10.0. The molecule has 0 bridgehead atoms. The lowest BCUT2D eigenvalue weighted by molar-refractivity contribution is 0.450. The van der Waals surface area contributed by atoms with Crippen LogP contribution in [0.2, 0.25) is 0 Å². The number of hydrogen-bond donors (Lipinski definition) is 0. The van der Waals surface area contributed by atoms with Crippen LogP contribution in [0.5, 0.6) is 0 Å². The van der Waals surface area contributed by atoms with E-state index in [1.165, 1.54) is 12.1 Å². The van der Waals surface area contributed by atoms with Gasteiger partial charge in [-0.05, 0) is 29.2 Å². The summed E-state index contributed by atoms with van der Waals surface area (Å²) in [7, 11) is 0. The van der Waals surface area contributed by atoms with E-state index in [9.17, 15) is 13.2 Å². The second-order valence-electron chi connectivity index (χ2n) is 2.79. The summed E-state index contributed by atoms with van der Waals surface area (Å²) in [6.45, 7) is 1.32. The first-order valence-electron chi connectivity index (χ1n) is 3.87. The number of alkyl halides is 3. The molecule has 13 heavy (non-hydrogen) atoms. The average Bonchev–Trinajstić information content (AvgIpc) is 2.16. The van der Waals surface area contributed by atoms with Crippen molar-refractivity contribution in [2.75, 3.05) is 0 Å². The molecule has 0 aliphatic rings. The zero-order valence-corrected chi connectivity index (χ0v) is 7.12. The van der Waals surface area contributed by atoms with E-state index in [4.69, 9.17) is 0 Å². The highest BCUT2D eigenvalue weighted by molar-refractivity contribution is 5.40. The van der Waals surface area contributed by atoms with Crippen LogP contribution in [-0.4, -0.2) is 0 Å². The molecule has 1 radical (unpaired) electrons. The zero-order chi connectivity index (χ0) is 9.84. The molecule has 0 aliphatic carbocycles. The molecule has 0 saturated carbocycles. The van der Waals surface area contributed by atoms with Gasteiger partial charge < -0.3 is 0 Å². The molecule has 0 amide bonds. The molecule has 0 unspecified atom stereocenters. The molecule has 0 saturated heterocycles. The van der Waals surface area contributed by atoms with Crippen molar-refractivity contribution in [1.82, 2.24) is 0 Å². The van der Waals surface area contributed by atoms with E-state index >= 15 is 0 Å². The Morgan fingerprint density at radius 1 is 1.00 bits per heavy atom. The van der Waals surface area contributed by atoms with Crippen LogP contribution in [0.25, 0.3) is 0 Å². The molecule has 1 aromatic rings. The summed E-state index contributed by atoms with van der Waals surface area (Å²) in [6.07, 6.45) is 0. The Balaban J connectivity index is 3.20. The summed E-state index contributed by atoms with van der Waals surface area (Å²) in [4.78, 5) is 0. The predicted octanol–water partition coefficient (Wildman–Crippen LogP) is 3.28. The quantitative estimate of drug-likeness (QED) is 0.681. The Bertz CT molecular complexity index is 294.